The molecule has 0 aliphatic heterocycles. The van der Waals surface area contributed by atoms with Crippen LogP contribution in [0.5, 0.6) is 0 Å². The van der Waals surface area contributed by atoms with Gasteiger partial charge in [-0.25, -0.2) is 0 Å². The van der Waals surface area contributed by atoms with Crippen LogP contribution in [-0.2, 0) is 27.9 Å². The molecule has 0 amide bonds. The normalized spacial score (nSPS) is 13.9. The standard InChI is InChI=1S/C55H104NO7P/c1-6-8-10-12-14-16-18-20-22-24-26-28-29-31-33-35-37-39-41-43-45-47-50-60-52-54(53-62-64(58,59)61-51-49-56(3,4)5)63-55(57)48-46-44-42-40-38-36-34-32-30-27-25-23-21-19-17-15-13-11-9-7-2/h8,10,14,16,20,22,26,28,54H,6-7,9,11-13,15,17-19,21,23-25,27,29-53H2,1-5H3/b10-8-,16-14-,22-20-,28-26-. The summed E-state index contributed by atoms with van der Waals surface area (Å²) >= 11 is 0. The molecular formula is C55H104NO7P. The van der Waals surface area contributed by atoms with Crippen molar-refractivity contribution in [2.75, 3.05) is 54.1 Å². The lowest BCUT2D eigenvalue weighted by Crippen LogP contribution is -2.37. The van der Waals surface area contributed by atoms with Crippen molar-refractivity contribution < 1.29 is 37.3 Å². The Bertz CT molecular complexity index is 1160. The number of ether oxygens (including phenoxy) is 2. The van der Waals surface area contributed by atoms with E-state index in [2.05, 4.69) is 62.5 Å². The zero-order chi connectivity index (χ0) is 46.9. The highest BCUT2D eigenvalue weighted by molar-refractivity contribution is 7.45. The second kappa shape index (κ2) is 47.9. The Morgan fingerprint density at radius 3 is 1.36 bits per heavy atom. The van der Waals surface area contributed by atoms with E-state index in [0.717, 1.165) is 57.8 Å². The minimum absolute atomic E-state index is 0.0252. The summed E-state index contributed by atoms with van der Waals surface area (Å²) in [7, 11) is 1.36. The van der Waals surface area contributed by atoms with Crippen LogP contribution >= 0.6 is 7.82 Å². The number of unbranched alkanes of at least 4 members (excludes halogenated alkanes) is 28. The largest absolute Gasteiger partial charge is 0.756 e. The number of rotatable bonds is 50. The fraction of sp³-hybridized carbons (Fsp3) is 0.836. The van der Waals surface area contributed by atoms with Crippen molar-refractivity contribution in [1.82, 2.24) is 0 Å². The van der Waals surface area contributed by atoms with Crippen LogP contribution in [0.1, 0.15) is 239 Å². The summed E-state index contributed by atoms with van der Waals surface area (Å²) in [5, 5.41) is 0. The molecule has 0 aromatic carbocycles. The zero-order valence-corrected chi connectivity index (χ0v) is 43.6. The van der Waals surface area contributed by atoms with Crippen LogP contribution in [0.2, 0.25) is 0 Å². The van der Waals surface area contributed by atoms with Crippen molar-refractivity contribution in [3.63, 3.8) is 0 Å². The molecule has 0 N–H and O–H groups in total. The third-order valence-corrected chi connectivity index (χ3v) is 12.6. The molecule has 0 bridgehead atoms. The van der Waals surface area contributed by atoms with E-state index in [1.54, 1.807) is 0 Å². The van der Waals surface area contributed by atoms with Crippen LogP contribution < -0.4 is 4.89 Å². The van der Waals surface area contributed by atoms with Crippen LogP contribution in [0.4, 0.5) is 0 Å². The number of hydrogen-bond donors (Lipinski definition) is 0. The van der Waals surface area contributed by atoms with E-state index in [-0.39, 0.29) is 25.8 Å². The smallest absolute Gasteiger partial charge is 0.306 e. The highest BCUT2D eigenvalue weighted by Gasteiger charge is 2.20. The average Bonchev–Trinajstić information content (AvgIpc) is 3.25. The summed E-state index contributed by atoms with van der Waals surface area (Å²) in [6.45, 7) is 5.33. The fourth-order valence-corrected chi connectivity index (χ4v) is 8.27. The molecule has 376 valence electrons. The molecule has 0 saturated carbocycles. The van der Waals surface area contributed by atoms with Crippen LogP contribution in [0, 0.1) is 0 Å². The van der Waals surface area contributed by atoms with E-state index in [0.29, 0.717) is 24.1 Å². The molecule has 64 heavy (non-hydrogen) atoms. The van der Waals surface area contributed by atoms with Crippen molar-refractivity contribution in [2.24, 2.45) is 0 Å². The van der Waals surface area contributed by atoms with Gasteiger partial charge in [0.15, 0.2) is 0 Å². The van der Waals surface area contributed by atoms with Crippen LogP contribution in [0.15, 0.2) is 48.6 Å². The molecule has 0 saturated heterocycles. The molecule has 2 unspecified atom stereocenters. The predicted octanol–water partition coefficient (Wildman–Crippen LogP) is 16.0. The Labute approximate surface area is 397 Å². The highest BCUT2D eigenvalue weighted by atomic mass is 31.2. The quantitative estimate of drug-likeness (QED) is 0.0197. The SMILES string of the molecule is CC/C=C\C/C=C\C/C=C\C/C=C\CCCCCCCCCCCOCC(COP(=O)([O-])OCC[N+](C)(C)C)OC(=O)CCCCCCCCCCCCCCCCCCCCCC. The van der Waals surface area contributed by atoms with Gasteiger partial charge in [-0.1, -0.05) is 229 Å². The predicted molar refractivity (Wildman–Crippen MR) is 273 cm³/mol. The fourth-order valence-electron chi connectivity index (χ4n) is 7.54. The summed E-state index contributed by atoms with van der Waals surface area (Å²) in [5.41, 5.74) is 0. The van der Waals surface area contributed by atoms with Gasteiger partial charge in [-0.2, -0.15) is 0 Å². The lowest BCUT2D eigenvalue weighted by molar-refractivity contribution is -0.870. The van der Waals surface area contributed by atoms with Gasteiger partial charge in [-0.3, -0.25) is 9.36 Å². The molecule has 0 aliphatic rings. The molecule has 0 fully saturated rings. The number of quaternary nitrogens is 1. The van der Waals surface area contributed by atoms with E-state index in [4.69, 9.17) is 18.5 Å². The first kappa shape index (κ1) is 62.5. The number of phosphoric acid groups is 1. The van der Waals surface area contributed by atoms with Crippen LogP contribution in [0.25, 0.3) is 0 Å². The molecule has 0 aromatic heterocycles. The van der Waals surface area contributed by atoms with Crippen LogP contribution in [0.3, 0.4) is 0 Å². The van der Waals surface area contributed by atoms with Crippen molar-refractivity contribution in [2.45, 2.75) is 245 Å². The Morgan fingerprint density at radius 1 is 0.500 bits per heavy atom. The van der Waals surface area contributed by atoms with Gasteiger partial charge in [0.25, 0.3) is 7.82 Å². The number of carbonyl (C=O) groups is 1. The monoisotopic (exact) mass is 922 g/mol. The Morgan fingerprint density at radius 2 is 0.906 bits per heavy atom. The lowest BCUT2D eigenvalue weighted by Gasteiger charge is -2.28. The molecule has 2 atom stereocenters. The second-order valence-corrected chi connectivity index (χ2v) is 20.6. The zero-order valence-electron chi connectivity index (χ0n) is 42.7. The first-order chi connectivity index (χ1) is 31.1. The number of allylic oxidation sites excluding steroid dienone is 8. The summed E-state index contributed by atoms with van der Waals surface area (Å²) in [4.78, 5) is 25.2. The van der Waals surface area contributed by atoms with E-state index in [1.807, 2.05) is 21.1 Å². The molecule has 0 heterocycles. The van der Waals surface area contributed by atoms with Gasteiger partial charge < -0.3 is 27.9 Å². The average molecular weight is 922 g/mol. The van der Waals surface area contributed by atoms with Crippen molar-refractivity contribution in [1.29, 1.82) is 0 Å². The lowest BCUT2D eigenvalue weighted by atomic mass is 10.0. The molecule has 0 aromatic rings. The van der Waals surface area contributed by atoms with Gasteiger partial charge >= 0.3 is 5.97 Å². The number of esters is 1. The van der Waals surface area contributed by atoms with Crippen molar-refractivity contribution in [3.8, 4) is 0 Å². The maximum absolute atomic E-state index is 12.8. The van der Waals surface area contributed by atoms with Gasteiger partial charge in [0.1, 0.15) is 19.3 Å². The van der Waals surface area contributed by atoms with Gasteiger partial charge in [0.05, 0.1) is 34.4 Å². The second-order valence-electron chi connectivity index (χ2n) is 19.2. The van der Waals surface area contributed by atoms with Crippen molar-refractivity contribution >= 4 is 13.8 Å². The summed E-state index contributed by atoms with van der Waals surface area (Å²) < 4.78 is 34.8. The summed E-state index contributed by atoms with van der Waals surface area (Å²) in [6, 6.07) is 0. The van der Waals surface area contributed by atoms with Gasteiger partial charge in [0, 0.05) is 13.0 Å². The molecule has 0 aliphatic carbocycles. The molecule has 0 spiro atoms. The highest BCUT2D eigenvalue weighted by Crippen LogP contribution is 2.38. The summed E-state index contributed by atoms with van der Waals surface area (Å²) in [6.07, 6.45) is 59.9. The number of carbonyl (C=O) groups excluding carboxylic acids is 1. The summed E-state index contributed by atoms with van der Waals surface area (Å²) in [5.74, 6) is -0.332. The molecule has 9 heteroatoms. The Balaban J connectivity index is 4.11. The third kappa shape index (κ3) is 51.4. The Kier molecular flexibility index (Phi) is 46.8. The number of hydrogen-bond acceptors (Lipinski definition) is 7. The van der Waals surface area contributed by atoms with Crippen LogP contribution in [-0.4, -0.2) is 70.7 Å². The maximum Gasteiger partial charge on any atom is 0.306 e. The minimum Gasteiger partial charge on any atom is -0.756 e. The number of nitrogens with zero attached hydrogens (tertiary/aromatic N) is 1. The number of phosphoric ester groups is 1. The van der Waals surface area contributed by atoms with Gasteiger partial charge in [-0.15, -0.1) is 0 Å². The topological polar surface area (TPSA) is 94.1 Å². The number of likely N-dealkylation sites (N-methyl/N-ethyl adjacent to an activating group) is 1. The minimum atomic E-state index is -4.53. The van der Waals surface area contributed by atoms with E-state index < -0.39 is 13.9 Å². The maximum atomic E-state index is 12.8. The first-order valence-corrected chi connectivity index (χ1v) is 28.3. The van der Waals surface area contributed by atoms with E-state index in [1.165, 1.54) is 161 Å². The molecule has 0 rings (SSSR count). The third-order valence-electron chi connectivity index (χ3n) is 11.6. The van der Waals surface area contributed by atoms with E-state index in [9.17, 15) is 14.3 Å². The molecular weight excluding hydrogens is 818 g/mol. The van der Waals surface area contributed by atoms with Gasteiger partial charge in [-0.05, 0) is 51.4 Å². The Hall–Kier alpha value is -1.54. The van der Waals surface area contributed by atoms with Gasteiger partial charge in [0.2, 0.25) is 0 Å². The first-order valence-electron chi connectivity index (χ1n) is 26.9. The van der Waals surface area contributed by atoms with E-state index >= 15 is 0 Å². The molecule has 8 nitrogen and oxygen atoms in total. The van der Waals surface area contributed by atoms with Crippen molar-refractivity contribution in [3.05, 3.63) is 48.6 Å². The molecule has 0 radical (unpaired) electrons.